The number of phenolic OH excluding ortho intramolecular Hbond substituents is 1. The highest BCUT2D eigenvalue weighted by Gasteiger charge is 2.42. The Labute approximate surface area is 198 Å². The molecule has 0 amide bonds. The topological polar surface area (TPSA) is 81.7 Å². The van der Waals surface area contributed by atoms with Gasteiger partial charge in [0.1, 0.15) is 17.2 Å². The van der Waals surface area contributed by atoms with E-state index >= 15 is 0 Å². The lowest BCUT2D eigenvalue weighted by atomic mass is 9.99. The summed E-state index contributed by atoms with van der Waals surface area (Å²) in [5, 5.41) is 17.0. The standard InChI is InChI=1S/C23H22ClF3N4O3/c1-30(2)14-5-3-13(4-6-14)11-31-8-7-18-16(12-31)21(29-28-18)15-9-17(24)19(32)10-20(15)34-22(33)23(25,26)27/h3-6,9-10,32H,7-8,11-12H2,1-2H3,(H,28,29). The highest BCUT2D eigenvalue weighted by molar-refractivity contribution is 6.32. The number of benzene rings is 2. The molecular formula is C23H22ClF3N4O3. The molecule has 7 nitrogen and oxygen atoms in total. The van der Waals surface area contributed by atoms with E-state index in [0.29, 0.717) is 25.2 Å². The molecule has 0 aliphatic carbocycles. The van der Waals surface area contributed by atoms with Crippen LogP contribution in [0.4, 0.5) is 18.9 Å². The molecule has 1 aliphatic rings. The number of esters is 1. The number of anilines is 1. The van der Waals surface area contributed by atoms with Gasteiger partial charge in [0.15, 0.2) is 0 Å². The van der Waals surface area contributed by atoms with Crippen LogP contribution < -0.4 is 9.64 Å². The molecule has 1 aliphatic heterocycles. The van der Waals surface area contributed by atoms with Gasteiger partial charge in [-0.05, 0) is 23.8 Å². The number of hydrogen-bond acceptors (Lipinski definition) is 6. The number of nitrogens with zero attached hydrogens (tertiary/aromatic N) is 3. The number of ether oxygens (including phenoxy) is 1. The van der Waals surface area contributed by atoms with Crippen LogP contribution in [0.15, 0.2) is 36.4 Å². The smallest absolute Gasteiger partial charge is 0.491 e. The van der Waals surface area contributed by atoms with E-state index in [1.807, 2.05) is 31.1 Å². The molecular weight excluding hydrogens is 473 g/mol. The molecule has 180 valence electrons. The average Bonchev–Trinajstić information content (AvgIpc) is 3.19. The molecule has 1 aromatic heterocycles. The van der Waals surface area contributed by atoms with Crippen molar-refractivity contribution in [3.8, 4) is 22.8 Å². The van der Waals surface area contributed by atoms with E-state index in [9.17, 15) is 23.1 Å². The molecule has 0 radical (unpaired) electrons. The van der Waals surface area contributed by atoms with Crippen LogP contribution in [0.1, 0.15) is 16.8 Å². The van der Waals surface area contributed by atoms with Gasteiger partial charge in [0.05, 0.1) is 5.02 Å². The normalized spacial score (nSPS) is 14.1. The highest BCUT2D eigenvalue weighted by atomic mass is 35.5. The lowest BCUT2D eigenvalue weighted by Gasteiger charge is -2.27. The van der Waals surface area contributed by atoms with Crippen LogP contribution in [0, 0.1) is 0 Å². The Morgan fingerprint density at radius 2 is 1.97 bits per heavy atom. The number of carbonyl (C=O) groups is 1. The van der Waals surface area contributed by atoms with E-state index < -0.39 is 23.6 Å². The van der Waals surface area contributed by atoms with Gasteiger partial charge in [-0.2, -0.15) is 18.3 Å². The number of aromatic nitrogens is 2. The second-order valence-corrected chi connectivity index (χ2v) is 8.65. The fourth-order valence-corrected chi connectivity index (χ4v) is 4.00. The number of nitrogens with one attached hydrogen (secondary N) is 1. The summed E-state index contributed by atoms with van der Waals surface area (Å²) in [6, 6.07) is 10.3. The number of aromatic hydroxyl groups is 1. The number of rotatable bonds is 5. The number of alkyl halides is 3. The van der Waals surface area contributed by atoms with Gasteiger partial charge >= 0.3 is 12.1 Å². The summed E-state index contributed by atoms with van der Waals surface area (Å²) in [5.41, 5.74) is 4.21. The van der Waals surface area contributed by atoms with Crippen LogP contribution >= 0.6 is 11.6 Å². The lowest BCUT2D eigenvalue weighted by Crippen LogP contribution is -2.30. The van der Waals surface area contributed by atoms with Gasteiger partial charge in [0, 0.05) is 68.7 Å². The van der Waals surface area contributed by atoms with Crippen molar-refractivity contribution >= 4 is 23.3 Å². The van der Waals surface area contributed by atoms with Crippen molar-refractivity contribution in [2.75, 3.05) is 25.5 Å². The molecule has 3 aromatic rings. The molecule has 0 saturated heterocycles. The van der Waals surface area contributed by atoms with Crippen LogP contribution in [0.3, 0.4) is 0 Å². The van der Waals surface area contributed by atoms with Gasteiger partial charge in [0.25, 0.3) is 0 Å². The highest BCUT2D eigenvalue weighted by Crippen LogP contribution is 2.41. The predicted molar refractivity (Wildman–Crippen MR) is 121 cm³/mol. The van der Waals surface area contributed by atoms with Crippen molar-refractivity contribution in [1.29, 1.82) is 0 Å². The van der Waals surface area contributed by atoms with Crippen LogP contribution in [-0.4, -0.2) is 53.0 Å². The lowest BCUT2D eigenvalue weighted by molar-refractivity contribution is -0.189. The number of halogens is 4. The van der Waals surface area contributed by atoms with Gasteiger partial charge in [-0.1, -0.05) is 23.7 Å². The third-order valence-corrected chi connectivity index (χ3v) is 5.91. The van der Waals surface area contributed by atoms with Gasteiger partial charge in [-0.15, -0.1) is 0 Å². The zero-order valence-corrected chi connectivity index (χ0v) is 19.2. The molecule has 0 atom stereocenters. The summed E-state index contributed by atoms with van der Waals surface area (Å²) < 4.78 is 42.9. The monoisotopic (exact) mass is 494 g/mol. The minimum Gasteiger partial charge on any atom is -0.506 e. The number of H-pyrrole nitrogens is 1. The third-order valence-electron chi connectivity index (χ3n) is 5.61. The summed E-state index contributed by atoms with van der Waals surface area (Å²) >= 11 is 6.02. The Hall–Kier alpha value is -3.24. The van der Waals surface area contributed by atoms with E-state index in [4.69, 9.17) is 11.6 Å². The average molecular weight is 495 g/mol. The van der Waals surface area contributed by atoms with Crippen molar-refractivity contribution in [2.45, 2.75) is 25.7 Å². The molecule has 11 heteroatoms. The SMILES string of the molecule is CN(C)c1ccc(CN2CCc3[nH]nc(-c4cc(Cl)c(O)cc4OC(=O)C(F)(F)F)c3C2)cc1. The molecule has 0 spiro atoms. The number of carbonyl (C=O) groups excluding carboxylic acids is 1. The van der Waals surface area contributed by atoms with E-state index in [-0.39, 0.29) is 10.6 Å². The maximum atomic E-state index is 12.8. The fourth-order valence-electron chi connectivity index (χ4n) is 3.84. The van der Waals surface area contributed by atoms with Crippen molar-refractivity contribution in [2.24, 2.45) is 0 Å². The Kier molecular flexibility index (Phi) is 6.46. The van der Waals surface area contributed by atoms with Crippen LogP contribution in [-0.2, 0) is 24.3 Å². The summed E-state index contributed by atoms with van der Waals surface area (Å²) in [6.45, 7) is 1.90. The summed E-state index contributed by atoms with van der Waals surface area (Å²) in [4.78, 5) is 15.7. The Morgan fingerprint density at radius 1 is 1.26 bits per heavy atom. The second-order valence-electron chi connectivity index (χ2n) is 8.24. The molecule has 0 fully saturated rings. The molecule has 2 N–H and O–H groups in total. The first-order valence-corrected chi connectivity index (χ1v) is 10.8. The molecule has 2 aromatic carbocycles. The first kappa shape index (κ1) is 23.9. The molecule has 34 heavy (non-hydrogen) atoms. The van der Waals surface area contributed by atoms with Gasteiger partial charge in [-0.3, -0.25) is 10.00 Å². The van der Waals surface area contributed by atoms with Gasteiger partial charge in [-0.25, -0.2) is 4.79 Å². The second kappa shape index (κ2) is 9.19. The number of phenols is 1. The van der Waals surface area contributed by atoms with E-state index in [1.54, 1.807) is 0 Å². The largest absolute Gasteiger partial charge is 0.506 e. The maximum Gasteiger partial charge on any atom is 0.491 e. The van der Waals surface area contributed by atoms with Crippen LogP contribution in [0.5, 0.6) is 11.5 Å². The van der Waals surface area contributed by atoms with Crippen molar-refractivity contribution in [3.63, 3.8) is 0 Å². The first-order chi connectivity index (χ1) is 16.0. The molecule has 0 unspecified atom stereocenters. The zero-order chi connectivity index (χ0) is 24.6. The predicted octanol–water partition coefficient (Wildman–Crippen LogP) is 4.53. The quantitative estimate of drug-likeness (QED) is 0.401. The minimum absolute atomic E-state index is 0.0788. The molecule has 2 heterocycles. The molecule has 0 saturated carbocycles. The summed E-state index contributed by atoms with van der Waals surface area (Å²) in [6.07, 6.45) is -4.54. The minimum atomic E-state index is -5.20. The van der Waals surface area contributed by atoms with Gasteiger partial charge in [0.2, 0.25) is 0 Å². The molecule has 0 bridgehead atoms. The third kappa shape index (κ3) is 4.97. The number of fused-ring (bicyclic) bond motifs is 1. The summed E-state index contributed by atoms with van der Waals surface area (Å²) in [7, 11) is 3.94. The first-order valence-electron chi connectivity index (χ1n) is 10.4. The van der Waals surface area contributed by atoms with Crippen LogP contribution in [0.2, 0.25) is 5.02 Å². The summed E-state index contributed by atoms with van der Waals surface area (Å²) in [5.74, 6) is -3.39. The Balaban J connectivity index is 1.62. The van der Waals surface area contributed by atoms with Crippen LogP contribution in [0.25, 0.3) is 11.3 Å². The van der Waals surface area contributed by atoms with E-state index in [0.717, 1.165) is 35.1 Å². The Morgan fingerprint density at radius 3 is 2.62 bits per heavy atom. The van der Waals surface area contributed by atoms with Crippen molar-refractivity contribution in [3.05, 3.63) is 58.2 Å². The van der Waals surface area contributed by atoms with Crippen molar-refractivity contribution in [1.82, 2.24) is 15.1 Å². The van der Waals surface area contributed by atoms with E-state index in [1.165, 1.54) is 6.07 Å². The van der Waals surface area contributed by atoms with E-state index in [2.05, 4.69) is 32.0 Å². The van der Waals surface area contributed by atoms with Crippen molar-refractivity contribution < 1.29 is 27.8 Å². The molecule has 4 rings (SSSR count). The zero-order valence-electron chi connectivity index (χ0n) is 18.4. The maximum absolute atomic E-state index is 12.8. The van der Waals surface area contributed by atoms with Gasteiger partial charge < -0.3 is 14.7 Å². The number of hydrogen-bond donors (Lipinski definition) is 2. The number of aromatic amines is 1. The Bertz CT molecular complexity index is 1210. The fraction of sp³-hybridized carbons (Fsp3) is 0.304.